The molecule has 2 rings (SSSR count). The molecule has 0 saturated heterocycles. The van der Waals surface area contributed by atoms with Crippen LogP contribution in [0.25, 0.3) is 0 Å². The fraction of sp³-hybridized carbons (Fsp3) is 0.533. The van der Waals surface area contributed by atoms with Gasteiger partial charge in [0.1, 0.15) is 5.60 Å². The summed E-state index contributed by atoms with van der Waals surface area (Å²) in [5.74, 6) is -0.304. The minimum absolute atomic E-state index is 0.0416. The maximum absolute atomic E-state index is 12.2. The first kappa shape index (κ1) is 13.1. The minimum Gasteiger partial charge on any atom is -0.459 e. The van der Waals surface area contributed by atoms with E-state index in [0.29, 0.717) is 0 Å². The van der Waals surface area contributed by atoms with Crippen molar-refractivity contribution in [1.29, 1.82) is 0 Å². The quantitative estimate of drug-likeness (QED) is 0.776. The first-order valence-corrected chi connectivity index (χ1v) is 6.46. The topological polar surface area (TPSA) is 52.3 Å². The molecule has 2 atom stereocenters. The molecule has 0 radical (unpaired) electrons. The van der Waals surface area contributed by atoms with Gasteiger partial charge < -0.3 is 10.5 Å². The summed E-state index contributed by atoms with van der Waals surface area (Å²) in [6, 6.07) is 7.96. The Bertz CT molecular complexity index is 448. The lowest BCUT2D eigenvalue weighted by Crippen LogP contribution is -2.31. The second-order valence-corrected chi connectivity index (χ2v) is 5.90. The van der Waals surface area contributed by atoms with Crippen LogP contribution in [0.2, 0.25) is 0 Å². The molecule has 3 heteroatoms. The molecule has 1 aromatic carbocycles. The first-order valence-electron chi connectivity index (χ1n) is 6.46. The zero-order chi connectivity index (χ0) is 13.3. The number of ether oxygens (including phenoxy) is 1. The lowest BCUT2D eigenvalue weighted by molar-refractivity contribution is -0.157. The van der Waals surface area contributed by atoms with Crippen LogP contribution in [0.1, 0.15) is 56.7 Å². The second kappa shape index (κ2) is 4.73. The number of nitrogens with two attached hydrogens (primary N) is 1. The van der Waals surface area contributed by atoms with E-state index in [-0.39, 0.29) is 17.9 Å². The highest BCUT2D eigenvalue weighted by molar-refractivity contribution is 5.79. The van der Waals surface area contributed by atoms with E-state index in [4.69, 9.17) is 10.5 Å². The molecule has 2 unspecified atom stereocenters. The van der Waals surface area contributed by atoms with Crippen molar-refractivity contribution >= 4 is 5.97 Å². The molecule has 1 aliphatic carbocycles. The van der Waals surface area contributed by atoms with Crippen molar-refractivity contribution in [2.45, 2.75) is 51.2 Å². The van der Waals surface area contributed by atoms with Gasteiger partial charge >= 0.3 is 5.97 Å². The summed E-state index contributed by atoms with van der Waals surface area (Å²) in [5.41, 5.74) is 7.76. The molecule has 1 aliphatic rings. The summed E-state index contributed by atoms with van der Waals surface area (Å²) in [7, 11) is 0. The molecular formula is C15H21NO2. The Hall–Kier alpha value is -1.35. The van der Waals surface area contributed by atoms with Crippen LogP contribution in [-0.4, -0.2) is 11.6 Å². The van der Waals surface area contributed by atoms with E-state index in [9.17, 15) is 4.79 Å². The Morgan fingerprint density at radius 2 is 1.83 bits per heavy atom. The van der Waals surface area contributed by atoms with Crippen LogP contribution in [0.4, 0.5) is 0 Å². The third-order valence-electron chi connectivity index (χ3n) is 3.23. The molecule has 0 spiro atoms. The summed E-state index contributed by atoms with van der Waals surface area (Å²) < 4.78 is 5.49. The van der Waals surface area contributed by atoms with Gasteiger partial charge in [0.05, 0.1) is 5.92 Å². The Morgan fingerprint density at radius 3 is 2.44 bits per heavy atom. The van der Waals surface area contributed by atoms with Crippen molar-refractivity contribution in [3.8, 4) is 0 Å². The molecule has 0 heterocycles. The zero-order valence-corrected chi connectivity index (χ0v) is 11.3. The second-order valence-electron chi connectivity index (χ2n) is 5.90. The van der Waals surface area contributed by atoms with Crippen LogP contribution >= 0.6 is 0 Å². The summed E-state index contributed by atoms with van der Waals surface area (Å²) >= 11 is 0. The van der Waals surface area contributed by atoms with Crippen molar-refractivity contribution in [2.24, 2.45) is 5.73 Å². The van der Waals surface area contributed by atoms with E-state index in [0.717, 1.165) is 24.0 Å². The average Bonchev–Trinajstić information content (AvgIpc) is 2.27. The average molecular weight is 247 g/mol. The highest BCUT2D eigenvalue weighted by atomic mass is 16.6. The van der Waals surface area contributed by atoms with Gasteiger partial charge in [-0.2, -0.15) is 0 Å². The fourth-order valence-corrected chi connectivity index (χ4v) is 2.44. The van der Waals surface area contributed by atoms with Gasteiger partial charge in [-0.3, -0.25) is 4.79 Å². The molecule has 0 aromatic heterocycles. The van der Waals surface area contributed by atoms with Gasteiger partial charge in [0.15, 0.2) is 0 Å². The largest absolute Gasteiger partial charge is 0.459 e. The third-order valence-corrected chi connectivity index (χ3v) is 3.23. The predicted molar refractivity (Wildman–Crippen MR) is 71.2 cm³/mol. The molecule has 3 nitrogen and oxygen atoms in total. The standard InChI is InChI=1S/C15H21NO2/c1-15(2,3)18-14(17)12-8-9-13(16)11-7-5-4-6-10(11)12/h4-7,12-13H,8-9,16H2,1-3H3. The van der Waals surface area contributed by atoms with Gasteiger partial charge in [0.25, 0.3) is 0 Å². The monoisotopic (exact) mass is 247 g/mol. The number of hydrogen-bond donors (Lipinski definition) is 1. The first-order chi connectivity index (χ1) is 8.38. The molecule has 0 amide bonds. The minimum atomic E-state index is -0.439. The van der Waals surface area contributed by atoms with Crippen LogP contribution in [0, 0.1) is 0 Å². The van der Waals surface area contributed by atoms with Crippen LogP contribution in [0.15, 0.2) is 24.3 Å². The van der Waals surface area contributed by atoms with Crippen LogP contribution in [0.3, 0.4) is 0 Å². The van der Waals surface area contributed by atoms with Gasteiger partial charge in [-0.05, 0) is 44.7 Å². The molecule has 0 aliphatic heterocycles. The molecule has 0 fully saturated rings. The van der Waals surface area contributed by atoms with E-state index in [1.54, 1.807) is 0 Å². The Morgan fingerprint density at radius 1 is 1.22 bits per heavy atom. The Kier molecular flexibility index (Phi) is 3.44. The molecule has 0 saturated carbocycles. The number of rotatable bonds is 1. The van der Waals surface area contributed by atoms with E-state index < -0.39 is 5.60 Å². The zero-order valence-electron chi connectivity index (χ0n) is 11.3. The van der Waals surface area contributed by atoms with Crippen LogP contribution in [0.5, 0.6) is 0 Å². The normalized spacial score (nSPS) is 23.3. The molecular weight excluding hydrogens is 226 g/mol. The molecule has 18 heavy (non-hydrogen) atoms. The van der Waals surface area contributed by atoms with Crippen LogP contribution < -0.4 is 5.73 Å². The van der Waals surface area contributed by atoms with Crippen molar-refractivity contribution in [3.63, 3.8) is 0 Å². The highest BCUT2D eigenvalue weighted by Gasteiger charge is 2.32. The highest BCUT2D eigenvalue weighted by Crippen LogP contribution is 2.37. The van der Waals surface area contributed by atoms with Crippen molar-refractivity contribution in [1.82, 2.24) is 0 Å². The van der Waals surface area contributed by atoms with E-state index in [1.165, 1.54) is 0 Å². The molecule has 1 aromatic rings. The van der Waals surface area contributed by atoms with Crippen molar-refractivity contribution in [2.75, 3.05) is 0 Å². The summed E-state index contributed by atoms with van der Waals surface area (Å²) in [6.07, 6.45) is 1.61. The van der Waals surface area contributed by atoms with Gasteiger partial charge in [-0.25, -0.2) is 0 Å². The summed E-state index contributed by atoms with van der Waals surface area (Å²) in [5, 5.41) is 0. The molecule has 0 bridgehead atoms. The number of hydrogen-bond acceptors (Lipinski definition) is 3. The van der Waals surface area contributed by atoms with Crippen molar-refractivity contribution in [3.05, 3.63) is 35.4 Å². The van der Waals surface area contributed by atoms with E-state index in [2.05, 4.69) is 0 Å². The summed E-state index contributed by atoms with van der Waals surface area (Å²) in [6.45, 7) is 5.68. The third kappa shape index (κ3) is 2.72. The Labute approximate surface area is 108 Å². The maximum Gasteiger partial charge on any atom is 0.313 e. The number of benzene rings is 1. The SMILES string of the molecule is CC(C)(C)OC(=O)C1CCC(N)c2ccccc21. The van der Waals surface area contributed by atoms with Gasteiger partial charge in [-0.1, -0.05) is 24.3 Å². The molecule has 2 N–H and O–H groups in total. The van der Waals surface area contributed by atoms with Crippen molar-refractivity contribution < 1.29 is 9.53 Å². The van der Waals surface area contributed by atoms with Gasteiger partial charge in [0.2, 0.25) is 0 Å². The predicted octanol–water partition coefficient (Wildman–Crippen LogP) is 2.91. The van der Waals surface area contributed by atoms with Gasteiger partial charge in [0, 0.05) is 6.04 Å². The summed E-state index contributed by atoms with van der Waals surface area (Å²) in [4.78, 5) is 12.2. The van der Waals surface area contributed by atoms with Crippen LogP contribution in [-0.2, 0) is 9.53 Å². The number of fused-ring (bicyclic) bond motifs is 1. The number of carbonyl (C=O) groups is 1. The van der Waals surface area contributed by atoms with E-state index in [1.807, 2.05) is 45.0 Å². The lowest BCUT2D eigenvalue weighted by Gasteiger charge is -2.30. The Balaban J connectivity index is 2.26. The number of carbonyl (C=O) groups excluding carboxylic acids is 1. The van der Waals surface area contributed by atoms with E-state index >= 15 is 0 Å². The lowest BCUT2D eigenvalue weighted by atomic mass is 9.80. The smallest absolute Gasteiger partial charge is 0.313 e. The number of esters is 1. The fourth-order valence-electron chi connectivity index (χ4n) is 2.44. The van der Waals surface area contributed by atoms with Gasteiger partial charge in [-0.15, -0.1) is 0 Å². The molecule has 98 valence electrons. The maximum atomic E-state index is 12.2.